The van der Waals surface area contributed by atoms with Crippen LogP contribution in [0.15, 0.2) is 85.2 Å². The molecule has 10 heterocycles. The lowest BCUT2D eigenvalue weighted by atomic mass is 10.0. The lowest BCUT2D eigenvalue weighted by Gasteiger charge is -2.31. The van der Waals surface area contributed by atoms with Crippen molar-refractivity contribution in [2.45, 2.75) is 103 Å². The van der Waals surface area contributed by atoms with Crippen molar-refractivity contribution in [1.29, 1.82) is 0 Å². The minimum absolute atomic E-state index is 0.115. The average molecular weight is 1450 g/mol. The largest absolute Gasteiger partial charge is 0.481 e. The molecule has 4 aliphatic heterocycles. The number of alkyl halides is 2. The lowest BCUT2D eigenvalue weighted by molar-refractivity contribution is -0.130. The summed E-state index contributed by atoms with van der Waals surface area (Å²) < 4.78 is 40.4. The summed E-state index contributed by atoms with van der Waals surface area (Å²) in [7, 11) is 6.84. The second-order valence-electron chi connectivity index (χ2n) is 25.2. The van der Waals surface area contributed by atoms with Gasteiger partial charge in [-0.25, -0.2) is 19.9 Å². The first kappa shape index (κ1) is 73.0. The maximum Gasteiger partial charge on any atom is 0.291 e. The summed E-state index contributed by atoms with van der Waals surface area (Å²) in [6.07, 6.45) is 9.28. The predicted molar refractivity (Wildman–Crippen MR) is 385 cm³/mol. The van der Waals surface area contributed by atoms with Gasteiger partial charge in [0, 0.05) is 189 Å². The molecule has 0 bridgehead atoms. The zero-order chi connectivity index (χ0) is 70.7. The summed E-state index contributed by atoms with van der Waals surface area (Å²) in [6, 6.07) is 22.5. The van der Waals surface area contributed by atoms with Crippen molar-refractivity contribution in [3.8, 4) is 56.8 Å². The molecule has 22 nitrogen and oxygen atoms in total. The van der Waals surface area contributed by atoms with E-state index < -0.39 is 11.8 Å². The Labute approximate surface area is 600 Å². The molecule has 2 aromatic carbocycles. The highest BCUT2D eigenvalue weighted by Gasteiger charge is 2.30. The summed E-state index contributed by atoms with van der Waals surface area (Å²) in [5, 5.41) is 14.3. The Morgan fingerprint density at radius 1 is 0.520 bits per heavy atom. The molecule has 6 aromatic heterocycles. The number of imidazole rings is 2. The highest BCUT2D eigenvalue weighted by molar-refractivity contribution is 6.40. The van der Waals surface area contributed by atoms with E-state index in [4.69, 9.17) is 65.8 Å². The number of amides is 4. The minimum atomic E-state index is -0.392. The Hall–Kier alpha value is -8.20. The van der Waals surface area contributed by atoms with Gasteiger partial charge in [0.25, 0.3) is 11.8 Å². The van der Waals surface area contributed by atoms with E-state index >= 15 is 0 Å². The summed E-state index contributed by atoms with van der Waals surface area (Å²) in [5.74, 6) is 0.965. The van der Waals surface area contributed by atoms with Gasteiger partial charge >= 0.3 is 0 Å². The molecule has 0 unspecified atom stereocenters. The maximum absolute atomic E-state index is 13.5. The first-order valence-corrected chi connectivity index (χ1v) is 35.1. The number of pyridine rings is 4. The maximum atomic E-state index is 13.5. The number of nitrogens with zero attached hydrogens (tertiary/aromatic N) is 12. The van der Waals surface area contributed by atoms with Crippen LogP contribution in [0.3, 0.4) is 0 Å². The summed E-state index contributed by atoms with van der Waals surface area (Å²) in [4.78, 5) is 86.3. The number of benzene rings is 2. The fourth-order valence-electron chi connectivity index (χ4n) is 13.3. The van der Waals surface area contributed by atoms with Crippen molar-refractivity contribution >= 4 is 81.4 Å². The number of carbonyl (C=O) groups excluding carboxylic acids is 4. The number of piperidine rings is 2. The van der Waals surface area contributed by atoms with Gasteiger partial charge in [-0.15, -0.1) is 0 Å². The van der Waals surface area contributed by atoms with Crippen molar-refractivity contribution in [1.82, 2.24) is 69.3 Å². The number of fused-ring (bicyclic) bond motifs is 2. The van der Waals surface area contributed by atoms with E-state index in [1.165, 1.54) is 0 Å². The highest BCUT2D eigenvalue weighted by atomic mass is 35.5. The molecule has 2 fully saturated rings. The quantitative estimate of drug-likeness (QED) is 0.0494. The summed E-state index contributed by atoms with van der Waals surface area (Å²) in [5.41, 5.74) is 10.7. The third-order valence-corrected chi connectivity index (χ3v) is 20.5. The van der Waals surface area contributed by atoms with Gasteiger partial charge in [-0.3, -0.25) is 47.7 Å². The van der Waals surface area contributed by atoms with E-state index in [0.717, 1.165) is 112 Å². The summed E-state index contributed by atoms with van der Waals surface area (Å²) >= 11 is 27.8. The predicted octanol–water partition coefficient (Wildman–Crippen LogP) is 11.9. The minimum Gasteiger partial charge on any atom is -0.481 e. The number of anilines is 2. The van der Waals surface area contributed by atoms with Crippen molar-refractivity contribution in [2.75, 3.05) is 90.6 Å². The number of ether oxygens (including phenoxy) is 2. The Morgan fingerprint density at radius 3 is 1.29 bits per heavy atom. The van der Waals surface area contributed by atoms with Gasteiger partial charge in [-0.2, -0.15) is 0 Å². The first-order valence-electron chi connectivity index (χ1n) is 33.6. The van der Waals surface area contributed by atoms with E-state index in [9.17, 15) is 28.0 Å². The number of rotatable bonds is 22. The van der Waals surface area contributed by atoms with Crippen LogP contribution in [0.25, 0.3) is 45.0 Å². The van der Waals surface area contributed by atoms with Crippen LogP contribution in [0.2, 0.25) is 20.1 Å². The zero-order valence-corrected chi connectivity index (χ0v) is 59.9. The molecule has 4 amide bonds. The van der Waals surface area contributed by atoms with E-state index in [0.29, 0.717) is 142 Å². The molecule has 4 aliphatic rings. The van der Waals surface area contributed by atoms with Gasteiger partial charge in [-0.1, -0.05) is 82.8 Å². The number of likely N-dealkylation sites (tertiary alicyclic amines) is 2. The molecule has 0 aliphatic carbocycles. The fraction of sp³-hybridized carbons (Fsp3) is 0.417. The summed E-state index contributed by atoms with van der Waals surface area (Å²) in [6.45, 7) is 10.7. The smallest absolute Gasteiger partial charge is 0.291 e. The lowest BCUT2D eigenvalue weighted by Crippen LogP contribution is -2.44. The second-order valence-corrected chi connectivity index (χ2v) is 26.8. The second kappa shape index (κ2) is 33.5. The van der Waals surface area contributed by atoms with Crippen molar-refractivity contribution in [3.63, 3.8) is 0 Å². The van der Waals surface area contributed by atoms with Gasteiger partial charge in [-0.05, 0) is 74.9 Å². The number of methoxy groups -OCH3 is 2. The number of halogens is 6. The Bertz CT molecular complexity index is 4030. The SMILES string of the molecule is COc1nc(-c2ccnc(-c3cccc(NC(=O)c4nc5c(n4C)CCN(CCCF)C5)c3Cl)c2Cl)ccc1CNC1CCN(C(C)=O)CC1.COc1nc(-c2ccnc(-c3cccc(NC(=O)c4nc5c(n4C)CCN(CCCF)C5)c3Cl)c2Cl)ccc1CNC1CCN(C(C)=O)CC1. The zero-order valence-electron chi connectivity index (χ0n) is 56.9. The van der Waals surface area contributed by atoms with Crippen LogP contribution in [0.4, 0.5) is 20.2 Å². The fourth-order valence-corrected chi connectivity index (χ4v) is 14.5. The molecule has 0 spiro atoms. The number of hydrogen-bond acceptors (Lipinski definition) is 16. The molecule has 2 saturated heterocycles. The average Bonchev–Trinajstić information content (AvgIpc) is 1.40. The number of carbonyl (C=O) groups is 4. The van der Waals surface area contributed by atoms with Crippen LogP contribution >= 0.6 is 46.4 Å². The van der Waals surface area contributed by atoms with Crippen LogP contribution < -0.4 is 30.7 Å². The van der Waals surface area contributed by atoms with E-state index in [1.807, 2.05) is 57.3 Å². The molecule has 528 valence electrons. The van der Waals surface area contributed by atoms with Gasteiger partial charge in [0.1, 0.15) is 0 Å². The molecule has 0 radical (unpaired) electrons. The molecular weight excluding hydrogens is 1360 g/mol. The van der Waals surface area contributed by atoms with Gasteiger partial charge < -0.3 is 49.7 Å². The third kappa shape index (κ3) is 16.7. The van der Waals surface area contributed by atoms with E-state index in [2.05, 4.69) is 51.0 Å². The molecule has 28 heteroatoms. The van der Waals surface area contributed by atoms with E-state index in [-0.39, 0.29) is 46.9 Å². The number of hydrogen-bond donors (Lipinski definition) is 4. The Kier molecular flexibility index (Phi) is 24.5. The van der Waals surface area contributed by atoms with Crippen LogP contribution in [0.5, 0.6) is 11.8 Å². The Balaban J connectivity index is 0.000000202. The van der Waals surface area contributed by atoms with Crippen molar-refractivity contribution in [3.05, 3.63) is 151 Å². The van der Waals surface area contributed by atoms with Crippen LogP contribution in [-0.4, -0.2) is 174 Å². The van der Waals surface area contributed by atoms with Crippen LogP contribution in [-0.2, 0) is 62.7 Å². The Morgan fingerprint density at radius 2 is 0.920 bits per heavy atom. The molecule has 12 rings (SSSR count). The number of aromatic nitrogens is 8. The molecular formula is C72H82Cl4F2N16O6. The standard InChI is InChI=1S/2C36H41Cl2FN8O3/c2*1-22(48)47-18-11-24(12-19-47)41-20-23-8-9-27(44-36(23)50-3)25-10-15-40-33(32(25)38)26-6-4-7-28(31(26)37)43-35(49)34-42-29-21-46(16-5-14-39)17-13-30(29)45(34)2/h2*4,6-10,15,24,41H,5,11-14,16-21H2,1-3H3,(H,43,49). The monoisotopic (exact) mass is 1440 g/mol. The number of nitrogens with one attached hydrogen (secondary N) is 4. The van der Waals surface area contributed by atoms with Crippen molar-refractivity contribution < 1.29 is 37.4 Å². The molecule has 0 atom stereocenters. The van der Waals surface area contributed by atoms with Gasteiger partial charge in [0.15, 0.2) is 11.6 Å². The molecule has 4 N–H and O–H groups in total. The topological polar surface area (TPSA) is 235 Å². The van der Waals surface area contributed by atoms with Gasteiger partial charge in [0.2, 0.25) is 23.6 Å². The molecule has 0 saturated carbocycles. The third-order valence-electron chi connectivity index (χ3n) is 18.9. The first-order chi connectivity index (χ1) is 48.4. The van der Waals surface area contributed by atoms with Gasteiger partial charge in [0.05, 0.1) is 93.2 Å². The van der Waals surface area contributed by atoms with E-state index in [1.54, 1.807) is 89.0 Å². The normalized spacial score (nSPS) is 15.2. The van der Waals surface area contributed by atoms with Crippen molar-refractivity contribution in [2.24, 2.45) is 14.1 Å². The molecule has 100 heavy (non-hydrogen) atoms. The molecule has 8 aromatic rings. The van der Waals surface area contributed by atoms with Crippen LogP contribution in [0, 0.1) is 0 Å². The van der Waals surface area contributed by atoms with Crippen LogP contribution in [0.1, 0.15) is 108 Å². The highest BCUT2D eigenvalue weighted by Crippen LogP contribution is 2.43.